The third kappa shape index (κ3) is 2.31. The first kappa shape index (κ1) is 11.7. The number of methoxy groups -OCH3 is 1. The first-order valence-corrected chi connectivity index (χ1v) is 5.48. The van der Waals surface area contributed by atoms with E-state index in [2.05, 4.69) is 4.98 Å². The Kier molecular flexibility index (Phi) is 3.15. The van der Waals surface area contributed by atoms with Gasteiger partial charge in [-0.15, -0.1) is 0 Å². The minimum absolute atomic E-state index is 0.192. The van der Waals surface area contributed by atoms with Crippen LogP contribution in [0.3, 0.4) is 0 Å². The summed E-state index contributed by atoms with van der Waals surface area (Å²) < 4.78 is 10.8. The Hall–Kier alpha value is -1.81. The second-order valence-corrected chi connectivity index (χ2v) is 4.04. The van der Waals surface area contributed by atoms with E-state index in [0.717, 1.165) is 22.6 Å². The average Bonchev–Trinajstić information content (AvgIpc) is 2.78. The van der Waals surface area contributed by atoms with Crippen molar-refractivity contribution in [1.29, 1.82) is 0 Å². The highest BCUT2D eigenvalue weighted by molar-refractivity contribution is 5.59. The molecule has 0 fully saturated rings. The van der Waals surface area contributed by atoms with Gasteiger partial charge in [-0.1, -0.05) is 0 Å². The smallest absolute Gasteiger partial charge is 0.211 e. The number of nitrogens with two attached hydrogens (primary N) is 1. The summed E-state index contributed by atoms with van der Waals surface area (Å²) in [7, 11) is 1.66. The van der Waals surface area contributed by atoms with Crippen LogP contribution in [0.15, 0.2) is 28.8 Å². The lowest BCUT2D eigenvalue weighted by Gasteiger charge is -2.05. The average molecular weight is 232 g/mol. The lowest BCUT2D eigenvalue weighted by Crippen LogP contribution is -2.04. The number of oxazole rings is 1. The van der Waals surface area contributed by atoms with Crippen molar-refractivity contribution >= 4 is 0 Å². The van der Waals surface area contributed by atoms with Crippen LogP contribution in [-0.2, 0) is 0 Å². The number of aryl methyl sites for hydroxylation is 1. The van der Waals surface area contributed by atoms with Crippen LogP contribution in [0.5, 0.6) is 5.75 Å². The summed E-state index contributed by atoms with van der Waals surface area (Å²) in [6.07, 6.45) is 1.69. The van der Waals surface area contributed by atoms with E-state index in [4.69, 9.17) is 14.9 Å². The van der Waals surface area contributed by atoms with Gasteiger partial charge in [0.2, 0.25) is 5.89 Å². The fourth-order valence-corrected chi connectivity index (χ4v) is 1.66. The molecule has 1 atom stereocenters. The molecule has 1 aromatic carbocycles. The summed E-state index contributed by atoms with van der Waals surface area (Å²) in [5.74, 6) is 2.14. The van der Waals surface area contributed by atoms with Crippen LogP contribution in [0.2, 0.25) is 0 Å². The molecule has 0 radical (unpaired) electrons. The van der Waals surface area contributed by atoms with Gasteiger partial charge in [-0.2, -0.15) is 0 Å². The van der Waals surface area contributed by atoms with Crippen LogP contribution >= 0.6 is 0 Å². The molecule has 90 valence electrons. The molecule has 2 aromatic rings. The normalized spacial score (nSPS) is 12.5. The molecule has 1 aromatic heterocycles. The topological polar surface area (TPSA) is 61.3 Å². The fourth-order valence-electron chi connectivity index (χ4n) is 1.66. The Labute approximate surface area is 100 Å². The van der Waals surface area contributed by atoms with E-state index in [0.29, 0.717) is 5.89 Å². The van der Waals surface area contributed by atoms with Gasteiger partial charge in [0.25, 0.3) is 0 Å². The SMILES string of the molecule is COc1ccc(-c2cnc(C(C)N)o2)cc1C. The molecule has 0 spiro atoms. The van der Waals surface area contributed by atoms with E-state index in [-0.39, 0.29) is 6.04 Å². The molecule has 0 amide bonds. The highest BCUT2D eigenvalue weighted by Gasteiger charge is 2.10. The van der Waals surface area contributed by atoms with Crippen LogP contribution in [-0.4, -0.2) is 12.1 Å². The quantitative estimate of drug-likeness (QED) is 0.883. The zero-order chi connectivity index (χ0) is 12.4. The van der Waals surface area contributed by atoms with Crippen molar-refractivity contribution in [3.63, 3.8) is 0 Å². The first-order chi connectivity index (χ1) is 8.11. The molecule has 0 aliphatic rings. The number of nitrogens with zero attached hydrogens (tertiary/aromatic N) is 1. The minimum Gasteiger partial charge on any atom is -0.496 e. The summed E-state index contributed by atoms with van der Waals surface area (Å²) in [5, 5.41) is 0. The van der Waals surface area contributed by atoms with Gasteiger partial charge in [0, 0.05) is 5.56 Å². The van der Waals surface area contributed by atoms with Crippen molar-refractivity contribution in [2.45, 2.75) is 19.9 Å². The monoisotopic (exact) mass is 232 g/mol. The summed E-state index contributed by atoms with van der Waals surface area (Å²) in [4.78, 5) is 4.14. The van der Waals surface area contributed by atoms with Crippen molar-refractivity contribution in [2.75, 3.05) is 7.11 Å². The molecular formula is C13H16N2O2. The Morgan fingerprint density at radius 3 is 2.71 bits per heavy atom. The standard InChI is InChI=1S/C13H16N2O2/c1-8-6-10(4-5-11(8)16-3)12-7-15-13(17-12)9(2)14/h4-7,9H,14H2,1-3H3. The molecule has 17 heavy (non-hydrogen) atoms. The zero-order valence-corrected chi connectivity index (χ0v) is 10.2. The Morgan fingerprint density at radius 1 is 1.41 bits per heavy atom. The maximum absolute atomic E-state index is 5.70. The number of aromatic nitrogens is 1. The molecule has 4 heteroatoms. The van der Waals surface area contributed by atoms with Gasteiger partial charge in [-0.05, 0) is 37.6 Å². The van der Waals surface area contributed by atoms with E-state index in [1.807, 2.05) is 32.0 Å². The number of hydrogen-bond donors (Lipinski definition) is 1. The lowest BCUT2D eigenvalue weighted by molar-refractivity contribution is 0.411. The van der Waals surface area contributed by atoms with Crippen molar-refractivity contribution in [3.05, 3.63) is 35.9 Å². The Morgan fingerprint density at radius 2 is 2.18 bits per heavy atom. The van der Waals surface area contributed by atoms with Crippen molar-refractivity contribution in [1.82, 2.24) is 4.98 Å². The predicted molar refractivity (Wildman–Crippen MR) is 65.8 cm³/mol. The number of ether oxygens (including phenoxy) is 1. The molecule has 1 unspecified atom stereocenters. The van der Waals surface area contributed by atoms with E-state index in [1.165, 1.54) is 0 Å². The maximum atomic E-state index is 5.70. The molecular weight excluding hydrogens is 216 g/mol. The van der Waals surface area contributed by atoms with Crippen molar-refractivity contribution in [2.24, 2.45) is 5.73 Å². The van der Waals surface area contributed by atoms with Gasteiger partial charge in [0.05, 0.1) is 19.3 Å². The third-order valence-corrected chi connectivity index (χ3v) is 2.59. The summed E-state index contributed by atoms with van der Waals surface area (Å²) >= 11 is 0. The number of rotatable bonds is 3. The first-order valence-electron chi connectivity index (χ1n) is 5.48. The highest BCUT2D eigenvalue weighted by atomic mass is 16.5. The Bertz CT molecular complexity index is 518. The molecule has 4 nitrogen and oxygen atoms in total. The van der Waals surface area contributed by atoms with Crippen LogP contribution in [0.1, 0.15) is 24.4 Å². The van der Waals surface area contributed by atoms with E-state index < -0.39 is 0 Å². The summed E-state index contributed by atoms with van der Waals surface area (Å²) in [6.45, 7) is 3.83. The molecule has 2 N–H and O–H groups in total. The van der Waals surface area contributed by atoms with Crippen LogP contribution in [0.25, 0.3) is 11.3 Å². The van der Waals surface area contributed by atoms with Crippen LogP contribution in [0, 0.1) is 6.92 Å². The lowest BCUT2D eigenvalue weighted by atomic mass is 10.1. The molecule has 0 saturated carbocycles. The van der Waals surface area contributed by atoms with Crippen molar-refractivity contribution in [3.8, 4) is 17.1 Å². The zero-order valence-electron chi connectivity index (χ0n) is 10.2. The molecule has 0 saturated heterocycles. The number of benzene rings is 1. The largest absolute Gasteiger partial charge is 0.496 e. The second-order valence-electron chi connectivity index (χ2n) is 4.04. The van der Waals surface area contributed by atoms with Crippen LogP contribution < -0.4 is 10.5 Å². The van der Waals surface area contributed by atoms with Gasteiger partial charge in [-0.3, -0.25) is 0 Å². The van der Waals surface area contributed by atoms with Crippen molar-refractivity contribution < 1.29 is 9.15 Å². The predicted octanol–water partition coefficient (Wildman–Crippen LogP) is 2.68. The van der Waals surface area contributed by atoms with E-state index >= 15 is 0 Å². The highest BCUT2D eigenvalue weighted by Crippen LogP contribution is 2.27. The van der Waals surface area contributed by atoms with Gasteiger partial charge in [0.15, 0.2) is 5.76 Å². The van der Waals surface area contributed by atoms with E-state index in [9.17, 15) is 0 Å². The molecule has 0 aliphatic heterocycles. The molecule has 0 aliphatic carbocycles. The third-order valence-electron chi connectivity index (χ3n) is 2.59. The second kappa shape index (κ2) is 4.59. The Balaban J connectivity index is 2.36. The van der Waals surface area contributed by atoms with Crippen LogP contribution in [0.4, 0.5) is 0 Å². The summed E-state index contributed by atoms with van der Waals surface area (Å²) in [6, 6.07) is 5.67. The summed E-state index contributed by atoms with van der Waals surface area (Å²) in [5.41, 5.74) is 7.74. The molecule has 0 bridgehead atoms. The van der Waals surface area contributed by atoms with Gasteiger partial charge < -0.3 is 14.9 Å². The molecule has 1 heterocycles. The minimum atomic E-state index is -0.192. The van der Waals surface area contributed by atoms with Gasteiger partial charge >= 0.3 is 0 Å². The maximum Gasteiger partial charge on any atom is 0.211 e. The fraction of sp³-hybridized carbons (Fsp3) is 0.308. The number of hydrogen-bond acceptors (Lipinski definition) is 4. The molecule has 2 rings (SSSR count). The van der Waals surface area contributed by atoms with Gasteiger partial charge in [-0.25, -0.2) is 4.98 Å². The van der Waals surface area contributed by atoms with E-state index in [1.54, 1.807) is 13.3 Å². The van der Waals surface area contributed by atoms with Gasteiger partial charge in [0.1, 0.15) is 5.75 Å².